The molecule has 2 heterocycles. The van der Waals surface area contributed by atoms with Crippen LogP contribution in [0.1, 0.15) is 52.4 Å². The molecule has 1 N–H and O–H groups in total. The molecule has 0 amide bonds. The van der Waals surface area contributed by atoms with E-state index in [4.69, 9.17) is 4.74 Å². The van der Waals surface area contributed by atoms with E-state index in [2.05, 4.69) is 31.1 Å². The van der Waals surface area contributed by atoms with Crippen LogP contribution in [0.5, 0.6) is 0 Å². The number of hydrogen-bond donors (Lipinski definition) is 1. The molecule has 0 radical (unpaired) electrons. The van der Waals surface area contributed by atoms with Crippen LogP contribution in [0.4, 0.5) is 0 Å². The van der Waals surface area contributed by atoms with Gasteiger partial charge in [0.25, 0.3) is 0 Å². The summed E-state index contributed by atoms with van der Waals surface area (Å²) < 4.78 is 5.83. The van der Waals surface area contributed by atoms with Crippen molar-refractivity contribution in [2.24, 2.45) is 5.41 Å². The highest BCUT2D eigenvalue weighted by Crippen LogP contribution is 2.30. The van der Waals surface area contributed by atoms with E-state index in [-0.39, 0.29) is 0 Å². The number of piperidine rings is 1. The molecule has 2 saturated heterocycles. The molecular formula is C16H32N2O. The minimum atomic E-state index is 0.501. The summed E-state index contributed by atoms with van der Waals surface area (Å²) in [6, 6.07) is 0.682. The molecule has 2 aliphatic rings. The predicted molar refractivity (Wildman–Crippen MR) is 80.5 cm³/mol. The van der Waals surface area contributed by atoms with Gasteiger partial charge < -0.3 is 15.0 Å². The monoisotopic (exact) mass is 268 g/mol. The van der Waals surface area contributed by atoms with Gasteiger partial charge >= 0.3 is 0 Å². The predicted octanol–water partition coefficient (Wildman–Crippen LogP) is 2.66. The summed E-state index contributed by atoms with van der Waals surface area (Å²) in [6.07, 6.45) is 8.03. The molecule has 0 bridgehead atoms. The SMILES string of the molecule is CCCC1CC(NCC2(C)CCN(C)CC2)CCO1. The summed E-state index contributed by atoms with van der Waals surface area (Å²) in [5.41, 5.74) is 0.505. The topological polar surface area (TPSA) is 24.5 Å². The number of nitrogens with one attached hydrogen (secondary N) is 1. The van der Waals surface area contributed by atoms with E-state index in [0.717, 1.165) is 6.61 Å². The van der Waals surface area contributed by atoms with Gasteiger partial charge in [-0.25, -0.2) is 0 Å². The van der Waals surface area contributed by atoms with Gasteiger partial charge in [-0.1, -0.05) is 20.3 Å². The molecular weight excluding hydrogens is 236 g/mol. The summed E-state index contributed by atoms with van der Waals surface area (Å²) in [7, 11) is 2.24. The molecule has 0 spiro atoms. The third kappa shape index (κ3) is 4.73. The van der Waals surface area contributed by atoms with Gasteiger partial charge in [-0.15, -0.1) is 0 Å². The maximum Gasteiger partial charge on any atom is 0.0589 e. The molecule has 0 aliphatic carbocycles. The van der Waals surface area contributed by atoms with Crippen molar-refractivity contribution in [3.8, 4) is 0 Å². The van der Waals surface area contributed by atoms with Crippen molar-refractivity contribution >= 4 is 0 Å². The fourth-order valence-corrected chi connectivity index (χ4v) is 3.31. The molecule has 0 saturated carbocycles. The Morgan fingerprint density at radius 2 is 2.05 bits per heavy atom. The number of hydrogen-bond acceptors (Lipinski definition) is 3. The zero-order valence-electron chi connectivity index (χ0n) is 13.1. The zero-order chi connectivity index (χ0) is 13.7. The highest BCUT2D eigenvalue weighted by Gasteiger charge is 2.30. The average molecular weight is 268 g/mol. The van der Waals surface area contributed by atoms with E-state index in [1.165, 1.54) is 58.2 Å². The van der Waals surface area contributed by atoms with Crippen molar-refractivity contribution in [1.82, 2.24) is 10.2 Å². The van der Waals surface area contributed by atoms with Crippen LogP contribution in [0.3, 0.4) is 0 Å². The van der Waals surface area contributed by atoms with Crippen LogP contribution in [0, 0.1) is 5.41 Å². The average Bonchev–Trinajstić information content (AvgIpc) is 2.41. The molecule has 2 unspecified atom stereocenters. The Morgan fingerprint density at radius 1 is 1.32 bits per heavy atom. The van der Waals surface area contributed by atoms with Gasteiger partial charge in [0.15, 0.2) is 0 Å². The summed E-state index contributed by atoms with van der Waals surface area (Å²) >= 11 is 0. The summed E-state index contributed by atoms with van der Waals surface area (Å²) in [5.74, 6) is 0. The minimum absolute atomic E-state index is 0.501. The van der Waals surface area contributed by atoms with Gasteiger partial charge in [0.1, 0.15) is 0 Å². The van der Waals surface area contributed by atoms with E-state index in [1.54, 1.807) is 0 Å². The Kier molecular flexibility index (Phi) is 5.67. The van der Waals surface area contributed by atoms with Crippen LogP contribution in [0.15, 0.2) is 0 Å². The van der Waals surface area contributed by atoms with Crippen LogP contribution in [0.25, 0.3) is 0 Å². The van der Waals surface area contributed by atoms with Crippen LogP contribution >= 0.6 is 0 Å². The van der Waals surface area contributed by atoms with Crippen LogP contribution in [-0.2, 0) is 4.74 Å². The van der Waals surface area contributed by atoms with E-state index in [9.17, 15) is 0 Å². The van der Waals surface area contributed by atoms with Crippen molar-refractivity contribution in [2.45, 2.75) is 64.5 Å². The van der Waals surface area contributed by atoms with Crippen molar-refractivity contribution in [3.63, 3.8) is 0 Å². The zero-order valence-corrected chi connectivity index (χ0v) is 13.1. The van der Waals surface area contributed by atoms with Gasteiger partial charge in [0, 0.05) is 19.2 Å². The smallest absolute Gasteiger partial charge is 0.0589 e. The van der Waals surface area contributed by atoms with Gasteiger partial charge in [-0.3, -0.25) is 0 Å². The number of ether oxygens (including phenoxy) is 1. The highest BCUT2D eigenvalue weighted by atomic mass is 16.5. The Bertz CT molecular complexity index is 259. The fourth-order valence-electron chi connectivity index (χ4n) is 3.31. The number of nitrogens with zero attached hydrogens (tertiary/aromatic N) is 1. The van der Waals surface area contributed by atoms with E-state index < -0.39 is 0 Å². The van der Waals surface area contributed by atoms with E-state index in [0.29, 0.717) is 17.6 Å². The molecule has 2 rings (SSSR count). The van der Waals surface area contributed by atoms with Crippen molar-refractivity contribution in [3.05, 3.63) is 0 Å². The lowest BCUT2D eigenvalue weighted by molar-refractivity contribution is -0.00588. The standard InChI is InChI=1S/C16H32N2O/c1-4-5-15-12-14(6-11-19-15)17-13-16(2)7-9-18(3)10-8-16/h14-15,17H,4-13H2,1-3H3. The molecule has 112 valence electrons. The lowest BCUT2D eigenvalue weighted by atomic mass is 9.80. The quantitative estimate of drug-likeness (QED) is 0.829. The van der Waals surface area contributed by atoms with Crippen LogP contribution in [0.2, 0.25) is 0 Å². The minimum Gasteiger partial charge on any atom is -0.378 e. The van der Waals surface area contributed by atoms with Crippen LogP contribution in [-0.4, -0.2) is 50.3 Å². The van der Waals surface area contributed by atoms with Gasteiger partial charge in [0.05, 0.1) is 6.10 Å². The third-order valence-corrected chi connectivity index (χ3v) is 4.99. The number of rotatable bonds is 5. The van der Waals surface area contributed by atoms with Gasteiger partial charge in [0.2, 0.25) is 0 Å². The number of likely N-dealkylation sites (tertiary alicyclic amines) is 1. The Labute approximate surface area is 119 Å². The lowest BCUT2D eigenvalue weighted by Gasteiger charge is -2.40. The summed E-state index contributed by atoms with van der Waals surface area (Å²) in [4.78, 5) is 2.45. The molecule has 0 aromatic carbocycles. The first-order valence-corrected chi connectivity index (χ1v) is 8.15. The maximum atomic E-state index is 5.83. The second-order valence-electron chi connectivity index (χ2n) is 7.00. The Balaban J connectivity index is 1.72. The Hall–Kier alpha value is -0.120. The van der Waals surface area contributed by atoms with Gasteiger partial charge in [-0.2, -0.15) is 0 Å². The van der Waals surface area contributed by atoms with E-state index >= 15 is 0 Å². The molecule has 0 aromatic rings. The lowest BCUT2D eigenvalue weighted by Crippen LogP contribution is -2.47. The molecule has 2 atom stereocenters. The third-order valence-electron chi connectivity index (χ3n) is 4.99. The molecule has 2 fully saturated rings. The second-order valence-corrected chi connectivity index (χ2v) is 7.00. The molecule has 2 aliphatic heterocycles. The molecule has 19 heavy (non-hydrogen) atoms. The van der Waals surface area contributed by atoms with Crippen molar-refractivity contribution < 1.29 is 4.74 Å². The summed E-state index contributed by atoms with van der Waals surface area (Å²) in [6.45, 7) is 9.34. The molecule has 3 heteroatoms. The highest BCUT2D eigenvalue weighted by molar-refractivity contribution is 4.86. The van der Waals surface area contributed by atoms with Gasteiger partial charge in [-0.05, 0) is 57.7 Å². The van der Waals surface area contributed by atoms with Crippen molar-refractivity contribution in [2.75, 3.05) is 33.3 Å². The maximum absolute atomic E-state index is 5.83. The Morgan fingerprint density at radius 3 is 2.74 bits per heavy atom. The molecule has 3 nitrogen and oxygen atoms in total. The normalized spacial score (nSPS) is 32.4. The fraction of sp³-hybridized carbons (Fsp3) is 1.00. The summed E-state index contributed by atoms with van der Waals surface area (Å²) in [5, 5.41) is 3.84. The van der Waals surface area contributed by atoms with Crippen molar-refractivity contribution in [1.29, 1.82) is 0 Å². The first kappa shape index (κ1) is 15.3. The van der Waals surface area contributed by atoms with E-state index in [1.807, 2.05) is 0 Å². The first-order chi connectivity index (χ1) is 9.11. The molecule has 0 aromatic heterocycles. The largest absolute Gasteiger partial charge is 0.378 e. The van der Waals surface area contributed by atoms with Crippen LogP contribution < -0.4 is 5.32 Å². The second kappa shape index (κ2) is 7.05. The first-order valence-electron chi connectivity index (χ1n) is 8.15.